The molecule has 3 rings (SSSR count). The van der Waals surface area contributed by atoms with E-state index in [4.69, 9.17) is 21.1 Å². The van der Waals surface area contributed by atoms with Crippen LogP contribution in [0.4, 0.5) is 5.69 Å². The number of anilines is 1. The number of fused-ring (bicyclic) bond motifs is 1. The maximum atomic E-state index is 11.9. The summed E-state index contributed by atoms with van der Waals surface area (Å²) in [6, 6.07) is 12.8. The molecule has 0 saturated heterocycles. The van der Waals surface area contributed by atoms with Gasteiger partial charge in [0, 0.05) is 5.69 Å². The predicted octanol–water partition coefficient (Wildman–Crippen LogP) is 3.24. The number of nitrogens with zero attached hydrogens (tertiary/aromatic N) is 1. The Morgan fingerprint density at radius 2 is 2.13 bits per heavy atom. The monoisotopic (exact) mass is 331 g/mol. The number of halogens is 1. The van der Waals surface area contributed by atoms with Gasteiger partial charge in [0.25, 0.3) is 11.9 Å². The van der Waals surface area contributed by atoms with E-state index in [1.54, 1.807) is 18.2 Å². The first-order chi connectivity index (χ1) is 11.2. The highest BCUT2D eigenvalue weighted by atomic mass is 35.5. The van der Waals surface area contributed by atoms with Crippen LogP contribution in [0.5, 0.6) is 11.8 Å². The van der Waals surface area contributed by atoms with Crippen LogP contribution in [-0.2, 0) is 4.79 Å². The molecule has 0 bridgehead atoms. The van der Waals surface area contributed by atoms with Crippen molar-refractivity contribution in [2.75, 3.05) is 19.0 Å². The first-order valence-corrected chi connectivity index (χ1v) is 7.24. The molecule has 0 aliphatic carbocycles. The lowest BCUT2D eigenvalue weighted by Gasteiger charge is -2.08. The zero-order chi connectivity index (χ0) is 16.2. The molecule has 0 aliphatic rings. The highest BCUT2D eigenvalue weighted by Crippen LogP contribution is 2.27. The smallest absolute Gasteiger partial charge is 0.295 e. The molecule has 0 aliphatic heterocycles. The lowest BCUT2D eigenvalue weighted by Crippen LogP contribution is -2.20. The number of carbonyl (C=O) groups is 1. The predicted molar refractivity (Wildman–Crippen MR) is 88.2 cm³/mol. The van der Waals surface area contributed by atoms with Crippen LogP contribution < -0.4 is 14.8 Å². The second kappa shape index (κ2) is 6.58. The van der Waals surface area contributed by atoms with Gasteiger partial charge in [-0.05, 0) is 30.3 Å². The summed E-state index contributed by atoms with van der Waals surface area (Å²) in [5, 5.41) is 3.11. The molecule has 0 fully saturated rings. The van der Waals surface area contributed by atoms with E-state index >= 15 is 0 Å². The van der Waals surface area contributed by atoms with Gasteiger partial charge in [0.05, 0.1) is 23.2 Å². The van der Waals surface area contributed by atoms with Crippen LogP contribution in [0.15, 0.2) is 42.5 Å². The number of aromatic amines is 1. The van der Waals surface area contributed by atoms with Crippen molar-refractivity contribution in [3.05, 3.63) is 47.5 Å². The quantitative estimate of drug-likeness (QED) is 0.752. The van der Waals surface area contributed by atoms with E-state index in [1.165, 1.54) is 7.11 Å². The summed E-state index contributed by atoms with van der Waals surface area (Å²) in [5.41, 5.74) is 2.20. The molecule has 23 heavy (non-hydrogen) atoms. The van der Waals surface area contributed by atoms with Crippen LogP contribution in [-0.4, -0.2) is 29.6 Å². The number of rotatable bonds is 5. The second-order valence-corrected chi connectivity index (χ2v) is 5.15. The zero-order valence-corrected chi connectivity index (χ0v) is 13.1. The van der Waals surface area contributed by atoms with Gasteiger partial charge in [-0.3, -0.25) is 4.79 Å². The van der Waals surface area contributed by atoms with Gasteiger partial charge in [-0.2, -0.15) is 4.98 Å². The van der Waals surface area contributed by atoms with Gasteiger partial charge < -0.3 is 19.8 Å². The van der Waals surface area contributed by atoms with Gasteiger partial charge in [-0.25, -0.2) is 0 Å². The molecule has 0 spiro atoms. The Balaban J connectivity index is 1.60. The van der Waals surface area contributed by atoms with E-state index in [9.17, 15) is 4.79 Å². The molecular formula is C16H14ClN3O3. The molecular weight excluding hydrogens is 318 g/mol. The number of benzene rings is 2. The Bertz CT molecular complexity index is 814. The number of carbonyl (C=O) groups excluding carboxylic acids is 1. The third kappa shape index (κ3) is 3.54. The fourth-order valence-electron chi connectivity index (χ4n) is 2.07. The molecule has 0 unspecified atom stereocenters. The van der Waals surface area contributed by atoms with Crippen molar-refractivity contribution >= 4 is 34.2 Å². The van der Waals surface area contributed by atoms with Crippen LogP contribution in [0.1, 0.15) is 0 Å². The lowest BCUT2D eigenvalue weighted by molar-refractivity contribution is -0.118. The minimum Gasteiger partial charge on any atom is -0.495 e. The molecule has 0 radical (unpaired) electrons. The summed E-state index contributed by atoms with van der Waals surface area (Å²) in [5.74, 6) is 0.231. The third-order valence-corrected chi connectivity index (χ3v) is 3.44. The molecule has 118 valence electrons. The maximum absolute atomic E-state index is 11.9. The van der Waals surface area contributed by atoms with Gasteiger partial charge >= 0.3 is 0 Å². The molecule has 7 heteroatoms. The number of para-hydroxylation sites is 2. The number of H-pyrrole nitrogens is 1. The second-order valence-electron chi connectivity index (χ2n) is 4.75. The molecule has 2 aromatic carbocycles. The van der Waals surface area contributed by atoms with Crippen LogP contribution in [0.2, 0.25) is 5.02 Å². The fourth-order valence-corrected chi connectivity index (χ4v) is 2.33. The maximum Gasteiger partial charge on any atom is 0.295 e. The minimum absolute atomic E-state index is 0.163. The van der Waals surface area contributed by atoms with Crippen molar-refractivity contribution in [1.82, 2.24) is 9.97 Å². The van der Waals surface area contributed by atoms with Gasteiger partial charge in [-0.1, -0.05) is 23.7 Å². The number of nitrogens with one attached hydrogen (secondary N) is 2. The highest BCUT2D eigenvalue weighted by molar-refractivity contribution is 6.32. The molecule has 6 nitrogen and oxygen atoms in total. The number of aromatic nitrogens is 2. The van der Waals surface area contributed by atoms with E-state index in [2.05, 4.69) is 15.3 Å². The number of amides is 1. The molecule has 3 aromatic rings. The molecule has 1 aromatic heterocycles. The van der Waals surface area contributed by atoms with Gasteiger partial charge in [0.15, 0.2) is 6.61 Å². The molecule has 1 amide bonds. The summed E-state index contributed by atoms with van der Waals surface area (Å²) < 4.78 is 10.4. The van der Waals surface area contributed by atoms with Crippen molar-refractivity contribution in [2.45, 2.75) is 0 Å². The van der Waals surface area contributed by atoms with Gasteiger partial charge in [0.2, 0.25) is 0 Å². The molecule has 0 saturated carbocycles. The highest BCUT2D eigenvalue weighted by Gasteiger charge is 2.08. The Morgan fingerprint density at radius 1 is 1.30 bits per heavy atom. The fraction of sp³-hybridized carbons (Fsp3) is 0.125. The van der Waals surface area contributed by atoms with Crippen molar-refractivity contribution in [1.29, 1.82) is 0 Å². The van der Waals surface area contributed by atoms with Gasteiger partial charge in [-0.15, -0.1) is 0 Å². The van der Waals surface area contributed by atoms with Crippen LogP contribution in [0, 0.1) is 0 Å². The van der Waals surface area contributed by atoms with Gasteiger partial charge in [0.1, 0.15) is 5.75 Å². The number of hydrogen-bond acceptors (Lipinski definition) is 4. The zero-order valence-electron chi connectivity index (χ0n) is 12.3. The van der Waals surface area contributed by atoms with E-state index < -0.39 is 0 Å². The van der Waals surface area contributed by atoms with Crippen molar-refractivity contribution in [3.63, 3.8) is 0 Å². The molecule has 0 atom stereocenters. The SMILES string of the molecule is COc1ccc(NC(=O)COc2nc3ccccc3[nH]2)cc1Cl. The van der Waals surface area contributed by atoms with Crippen LogP contribution in [0.25, 0.3) is 11.0 Å². The number of imidazole rings is 1. The summed E-state index contributed by atoms with van der Waals surface area (Å²) >= 11 is 6.01. The molecule has 1 heterocycles. The minimum atomic E-state index is -0.313. The van der Waals surface area contributed by atoms with Crippen molar-refractivity contribution in [2.24, 2.45) is 0 Å². The topological polar surface area (TPSA) is 76.2 Å². The third-order valence-electron chi connectivity index (χ3n) is 3.14. The lowest BCUT2D eigenvalue weighted by atomic mass is 10.3. The number of hydrogen-bond donors (Lipinski definition) is 2. The largest absolute Gasteiger partial charge is 0.495 e. The van der Waals surface area contributed by atoms with Crippen LogP contribution >= 0.6 is 11.6 Å². The van der Waals surface area contributed by atoms with Crippen LogP contribution in [0.3, 0.4) is 0 Å². The number of methoxy groups -OCH3 is 1. The standard InChI is InChI=1S/C16H14ClN3O3/c1-22-14-7-6-10(8-11(14)17)18-15(21)9-23-16-19-12-4-2-3-5-13(12)20-16/h2-8H,9H2,1H3,(H,18,21)(H,19,20). The Morgan fingerprint density at radius 3 is 2.87 bits per heavy atom. The summed E-state index contributed by atoms with van der Waals surface area (Å²) in [6.45, 7) is -0.163. The van der Waals surface area contributed by atoms with Crippen molar-refractivity contribution < 1.29 is 14.3 Å². The van der Waals surface area contributed by atoms with E-state index in [0.717, 1.165) is 11.0 Å². The number of ether oxygens (including phenoxy) is 2. The van der Waals surface area contributed by atoms with E-state index in [1.807, 2.05) is 24.3 Å². The summed E-state index contributed by atoms with van der Waals surface area (Å²) in [7, 11) is 1.53. The Kier molecular flexibility index (Phi) is 4.34. The average Bonchev–Trinajstić information content (AvgIpc) is 2.96. The van der Waals surface area contributed by atoms with Crippen molar-refractivity contribution in [3.8, 4) is 11.8 Å². The molecule has 2 N–H and O–H groups in total. The summed E-state index contributed by atoms with van der Waals surface area (Å²) in [4.78, 5) is 19.1. The first-order valence-electron chi connectivity index (χ1n) is 6.86. The van der Waals surface area contributed by atoms with E-state index in [-0.39, 0.29) is 12.5 Å². The first kappa shape index (κ1) is 15.2. The Labute approximate surface area is 137 Å². The Hall–Kier alpha value is -2.73. The average molecular weight is 332 g/mol. The van der Waals surface area contributed by atoms with E-state index in [0.29, 0.717) is 22.5 Å². The summed E-state index contributed by atoms with van der Waals surface area (Å²) in [6.07, 6.45) is 0. The normalized spacial score (nSPS) is 10.5.